The molecule has 8 heteroatoms. The van der Waals surface area contributed by atoms with Crippen molar-refractivity contribution in [3.8, 4) is 22.4 Å². The van der Waals surface area contributed by atoms with Gasteiger partial charge in [0, 0.05) is 29.5 Å². The average Bonchev–Trinajstić information content (AvgIpc) is 3.13. The smallest absolute Gasteiger partial charge is 0.277 e. The van der Waals surface area contributed by atoms with Gasteiger partial charge in [0.2, 0.25) is 11.8 Å². The zero-order valence-electron chi connectivity index (χ0n) is 15.9. The zero-order chi connectivity index (χ0) is 21.4. The number of hydrogen-bond donors (Lipinski definition) is 1. The first-order valence-electron chi connectivity index (χ1n) is 9.04. The van der Waals surface area contributed by atoms with Crippen LogP contribution in [0.2, 0.25) is 0 Å². The van der Waals surface area contributed by atoms with Crippen LogP contribution in [0.5, 0.6) is 0 Å². The monoisotopic (exact) mass is 400 g/mol. The first kappa shape index (κ1) is 19.0. The molecule has 0 unspecified atom stereocenters. The van der Waals surface area contributed by atoms with E-state index in [0.29, 0.717) is 27.7 Å². The molecule has 8 nitrogen and oxygen atoms in total. The number of amides is 1. The molecule has 0 aliphatic heterocycles. The molecule has 0 saturated carbocycles. The molecule has 4 rings (SSSR count). The summed E-state index contributed by atoms with van der Waals surface area (Å²) in [5, 5.41) is 16.8. The second-order valence-corrected chi connectivity index (χ2v) is 6.73. The summed E-state index contributed by atoms with van der Waals surface area (Å²) >= 11 is 0. The van der Waals surface area contributed by atoms with Gasteiger partial charge >= 0.3 is 0 Å². The molecule has 30 heavy (non-hydrogen) atoms. The lowest BCUT2D eigenvalue weighted by atomic mass is 9.98. The molecule has 0 saturated heterocycles. The highest BCUT2D eigenvalue weighted by molar-refractivity contribution is 6.01. The van der Waals surface area contributed by atoms with Crippen LogP contribution in [0.25, 0.3) is 33.3 Å². The van der Waals surface area contributed by atoms with Crippen molar-refractivity contribution >= 4 is 28.4 Å². The Labute approximate surface area is 170 Å². The molecule has 3 aromatic carbocycles. The standard InChI is InChI=1S/C22H16N4O4/c1-13(27)25-19-10-8-15(11-18(19)21(24-25)14-5-3-2-4-6-14)17-9-7-16(22(23)28)12-20(17)26(29)30/h2-12H,1H3,(H2,23,28). The Hall–Kier alpha value is -4.33. The Morgan fingerprint density at radius 1 is 1.00 bits per heavy atom. The SMILES string of the molecule is CC(=O)n1nc(-c2ccccc2)c2cc(-c3ccc(C(N)=O)cc3[N+](=O)[O-])ccc21. The van der Waals surface area contributed by atoms with Gasteiger partial charge in [-0.15, -0.1) is 0 Å². The van der Waals surface area contributed by atoms with E-state index in [4.69, 9.17) is 5.73 Å². The summed E-state index contributed by atoms with van der Waals surface area (Å²) in [5.41, 5.74) is 7.99. The fourth-order valence-electron chi connectivity index (χ4n) is 3.42. The Kier molecular flexibility index (Phi) is 4.59. The van der Waals surface area contributed by atoms with Gasteiger partial charge < -0.3 is 5.73 Å². The van der Waals surface area contributed by atoms with Crippen LogP contribution in [-0.2, 0) is 0 Å². The molecule has 0 bridgehead atoms. The van der Waals surface area contributed by atoms with E-state index in [2.05, 4.69) is 5.10 Å². The van der Waals surface area contributed by atoms with E-state index in [1.54, 1.807) is 18.2 Å². The minimum atomic E-state index is -0.741. The van der Waals surface area contributed by atoms with Gasteiger partial charge in [-0.3, -0.25) is 19.7 Å². The van der Waals surface area contributed by atoms with E-state index in [-0.39, 0.29) is 17.2 Å². The van der Waals surface area contributed by atoms with E-state index in [9.17, 15) is 19.7 Å². The van der Waals surface area contributed by atoms with Crippen LogP contribution < -0.4 is 5.73 Å². The molecule has 0 atom stereocenters. The number of rotatable bonds is 4. The summed E-state index contributed by atoms with van der Waals surface area (Å²) in [5.74, 6) is -0.985. The quantitative estimate of drug-likeness (QED) is 0.409. The molecule has 1 aromatic heterocycles. The number of carbonyl (C=O) groups is 2. The summed E-state index contributed by atoms with van der Waals surface area (Å²) in [6.07, 6.45) is 0. The van der Waals surface area contributed by atoms with Crippen molar-refractivity contribution < 1.29 is 14.5 Å². The van der Waals surface area contributed by atoms with Gasteiger partial charge in [-0.25, -0.2) is 0 Å². The summed E-state index contributed by atoms with van der Waals surface area (Å²) < 4.78 is 1.31. The Morgan fingerprint density at radius 3 is 2.37 bits per heavy atom. The highest BCUT2D eigenvalue weighted by Gasteiger charge is 2.20. The third-order valence-electron chi connectivity index (χ3n) is 4.82. The molecule has 1 heterocycles. The van der Waals surface area contributed by atoms with E-state index < -0.39 is 10.8 Å². The number of aromatic nitrogens is 2. The highest BCUT2D eigenvalue weighted by atomic mass is 16.6. The number of nitrogens with two attached hydrogens (primary N) is 1. The minimum Gasteiger partial charge on any atom is -0.366 e. The Balaban J connectivity index is 1.98. The topological polar surface area (TPSA) is 121 Å². The van der Waals surface area contributed by atoms with Crippen LogP contribution in [0.4, 0.5) is 5.69 Å². The van der Waals surface area contributed by atoms with Crippen molar-refractivity contribution in [1.29, 1.82) is 0 Å². The van der Waals surface area contributed by atoms with Crippen molar-refractivity contribution in [3.05, 3.63) is 82.4 Å². The van der Waals surface area contributed by atoms with Crippen molar-refractivity contribution in [1.82, 2.24) is 9.78 Å². The number of fused-ring (bicyclic) bond motifs is 1. The fourth-order valence-corrected chi connectivity index (χ4v) is 3.42. The summed E-state index contributed by atoms with van der Waals surface area (Å²) in [7, 11) is 0. The molecule has 0 fully saturated rings. The molecule has 2 N–H and O–H groups in total. The van der Waals surface area contributed by atoms with E-state index in [0.717, 1.165) is 5.56 Å². The normalized spacial score (nSPS) is 10.8. The minimum absolute atomic E-state index is 0.0564. The number of hydrogen-bond acceptors (Lipinski definition) is 5. The average molecular weight is 400 g/mol. The second kappa shape index (κ2) is 7.25. The number of benzene rings is 3. The predicted molar refractivity (Wildman–Crippen MR) is 112 cm³/mol. The maximum absolute atomic E-state index is 12.1. The molecule has 4 aromatic rings. The molecule has 0 radical (unpaired) electrons. The number of nitro groups is 1. The van der Waals surface area contributed by atoms with Gasteiger partial charge in [-0.2, -0.15) is 9.78 Å². The molecular weight excluding hydrogens is 384 g/mol. The van der Waals surface area contributed by atoms with E-state index in [1.165, 1.54) is 29.8 Å². The van der Waals surface area contributed by atoms with Crippen LogP contribution in [0.1, 0.15) is 22.1 Å². The maximum Gasteiger partial charge on any atom is 0.277 e. The summed E-state index contributed by atoms with van der Waals surface area (Å²) in [6, 6.07) is 18.6. The lowest BCUT2D eigenvalue weighted by Gasteiger charge is -2.06. The number of nitrogens with zero attached hydrogens (tertiary/aromatic N) is 3. The third-order valence-corrected chi connectivity index (χ3v) is 4.82. The Bertz CT molecular complexity index is 1330. The molecular formula is C22H16N4O4. The lowest BCUT2D eigenvalue weighted by Crippen LogP contribution is -2.11. The van der Waals surface area contributed by atoms with E-state index >= 15 is 0 Å². The molecule has 148 valence electrons. The largest absolute Gasteiger partial charge is 0.366 e. The van der Waals surface area contributed by atoms with Crippen molar-refractivity contribution in [2.75, 3.05) is 0 Å². The van der Waals surface area contributed by atoms with Gasteiger partial charge in [0.25, 0.3) is 5.69 Å². The number of carbonyl (C=O) groups excluding carboxylic acids is 2. The van der Waals surface area contributed by atoms with Gasteiger partial charge in [0.05, 0.1) is 16.0 Å². The Morgan fingerprint density at radius 2 is 1.73 bits per heavy atom. The van der Waals surface area contributed by atoms with Crippen molar-refractivity contribution in [2.45, 2.75) is 6.92 Å². The maximum atomic E-state index is 12.1. The van der Waals surface area contributed by atoms with Gasteiger partial charge in [-0.05, 0) is 29.8 Å². The third kappa shape index (κ3) is 3.20. The van der Waals surface area contributed by atoms with Crippen LogP contribution in [0, 0.1) is 10.1 Å². The predicted octanol–water partition coefficient (Wildman–Crippen LogP) is 4.04. The van der Waals surface area contributed by atoms with Crippen LogP contribution in [-0.4, -0.2) is 26.5 Å². The van der Waals surface area contributed by atoms with Crippen LogP contribution in [0.15, 0.2) is 66.7 Å². The first-order chi connectivity index (χ1) is 14.4. The second-order valence-electron chi connectivity index (χ2n) is 6.73. The number of primary amides is 1. The molecule has 0 spiro atoms. The van der Waals surface area contributed by atoms with Crippen molar-refractivity contribution in [2.24, 2.45) is 5.73 Å². The molecule has 0 aliphatic rings. The first-order valence-corrected chi connectivity index (χ1v) is 9.04. The summed E-state index contributed by atoms with van der Waals surface area (Å²) in [4.78, 5) is 34.5. The fraction of sp³-hybridized carbons (Fsp3) is 0.0455. The van der Waals surface area contributed by atoms with Crippen molar-refractivity contribution in [3.63, 3.8) is 0 Å². The zero-order valence-corrected chi connectivity index (χ0v) is 15.9. The van der Waals surface area contributed by atoms with Gasteiger partial charge in [0.15, 0.2) is 0 Å². The molecule has 1 amide bonds. The van der Waals surface area contributed by atoms with Gasteiger partial charge in [0.1, 0.15) is 5.69 Å². The summed E-state index contributed by atoms with van der Waals surface area (Å²) in [6.45, 7) is 1.42. The highest BCUT2D eigenvalue weighted by Crippen LogP contribution is 2.35. The van der Waals surface area contributed by atoms with E-state index in [1.807, 2.05) is 30.3 Å². The van der Waals surface area contributed by atoms with Crippen LogP contribution >= 0.6 is 0 Å². The van der Waals surface area contributed by atoms with Crippen LogP contribution in [0.3, 0.4) is 0 Å². The molecule has 0 aliphatic carbocycles. The van der Waals surface area contributed by atoms with Gasteiger partial charge in [-0.1, -0.05) is 36.4 Å². The number of nitro benzene ring substituents is 1. The lowest BCUT2D eigenvalue weighted by molar-refractivity contribution is -0.384.